The number of halogens is 3. The third kappa shape index (κ3) is 1.66. The van der Waals surface area contributed by atoms with Crippen molar-refractivity contribution in [2.75, 3.05) is 0 Å². The molecule has 0 aromatic heterocycles. The minimum absolute atomic E-state index is 0.126. The topological polar surface area (TPSA) is 26.0 Å². The van der Waals surface area contributed by atoms with Crippen LogP contribution in [0.3, 0.4) is 0 Å². The summed E-state index contributed by atoms with van der Waals surface area (Å²) in [6.45, 7) is 0. The van der Waals surface area contributed by atoms with Crippen LogP contribution < -0.4 is 5.73 Å². The van der Waals surface area contributed by atoms with Crippen LogP contribution in [0.4, 0.5) is 13.2 Å². The van der Waals surface area contributed by atoms with Gasteiger partial charge in [-0.2, -0.15) is 13.2 Å². The van der Waals surface area contributed by atoms with Gasteiger partial charge >= 0.3 is 6.18 Å². The van der Waals surface area contributed by atoms with E-state index in [1.807, 2.05) is 0 Å². The third-order valence-electron chi connectivity index (χ3n) is 5.05. The standard InChI is InChI=1S/C12H18F3N/c13-12(14,15)4-3-8(16)11-9-6-1-2-7(5-6)10(9)11/h6-11H,1-5,16H2. The molecular weight excluding hydrogens is 215 g/mol. The van der Waals surface area contributed by atoms with Gasteiger partial charge in [-0.05, 0) is 55.3 Å². The first-order valence-corrected chi connectivity index (χ1v) is 6.30. The van der Waals surface area contributed by atoms with Crippen molar-refractivity contribution in [2.24, 2.45) is 35.3 Å². The number of hydrogen-bond donors (Lipinski definition) is 1. The van der Waals surface area contributed by atoms with Gasteiger partial charge in [0.15, 0.2) is 0 Å². The van der Waals surface area contributed by atoms with E-state index < -0.39 is 12.6 Å². The smallest absolute Gasteiger partial charge is 0.327 e. The summed E-state index contributed by atoms with van der Waals surface area (Å²) in [5.74, 6) is 3.42. The molecule has 3 fully saturated rings. The summed E-state index contributed by atoms with van der Waals surface area (Å²) in [5.41, 5.74) is 5.93. The summed E-state index contributed by atoms with van der Waals surface area (Å²) in [6, 6.07) is -0.208. The van der Waals surface area contributed by atoms with Gasteiger partial charge in [-0.3, -0.25) is 0 Å². The van der Waals surface area contributed by atoms with Crippen LogP contribution in [0.15, 0.2) is 0 Å². The van der Waals surface area contributed by atoms with E-state index in [-0.39, 0.29) is 12.5 Å². The van der Waals surface area contributed by atoms with Gasteiger partial charge in [0.05, 0.1) is 0 Å². The van der Waals surface area contributed by atoms with Gasteiger partial charge < -0.3 is 5.73 Å². The fourth-order valence-electron chi connectivity index (χ4n) is 4.49. The lowest BCUT2D eigenvalue weighted by molar-refractivity contribution is -0.136. The second kappa shape index (κ2) is 3.37. The summed E-state index contributed by atoms with van der Waals surface area (Å²) >= 11 is 0. The highest BCUT2D eigenvalue weighted by atomic mass is 19.4. The molecule has 0 saturated heterocycles. The van der Waals surface area contributed by atoms with Crippen LogP contribution in [-0.2, 0) is 0 Å². The van der Waals surface area contributed by atoms with Crippen LogP contribution in [-0.4, -0.2) is 12.2 Å². The van der Waals surface area contributed by atoms with Gasteiger partial charge in [0.2, 0.25) is 0 Å². The Balaban J connectivity index is 1.53. The molecule has 3 rings (SSSR count). The predicted molar refractivity (Wildman–Crippen MR) is 54.6 cm³/mol. The Labute approximate surface area is 93.6 Å². The van der Waals surface area contributed by atoms with Crippen molar-refractivity contribution in [2.45, 2.75) is 44.3 Å². The van der Waals surface area contributed by atoms with Crippen molar-refractivity contribution in [3.05, 3.63) is 0 Å². The first-order valence-electron chi connectivity index (χ1n) is 6.30. The minimum atomic E-state index is -4.04. The van der Waals surface area contributed by atoms with Gasteiger partial charge in [-0.25, -0.2) is 0 Å². The molecule has 4 heteroatoms. The number of nitrogens with two attached hydrogens (primary N) is 1. The van der Waals surface area contributed by atoms with Crippen LogP contribution in [0.2, 0.25) is 0 Å². The maximum absolute atomic E-state index is 12.1. The van der Waals surface area contributed by atoms with Crippen LogP contribution in [0, 0.1) is 29.6 Å². The normalized spacial score (nSPS) is 46.9. The molecule has 1 nitrogen and oxygen atoms in total. The zero-order chi connectivity index (χ0) is 11.5. The Morgan fingerprint density at radius 3 is 2.19 bits per heavy atom. The van der Waals surface area contributed by atoms with Crippen molar-refractivity contribution in [1.82, 2.24) is 0 Å². The Bertz CT molecular complexity index is 272. The number of alkyl halides is 3. The molecule has 0 amide bonds. The van der Waals surface area contributed by atoms with Gasteiger partial charge in [0, 0.05) is 12.5 Å². The highest BCUT2D eigenvalue weighted by Gasteiger charge is 2.66. The maximum Gasteiger partial charge on any atom is 0.389 e. The monoisotopic (exact) mass is 233 g/mol. The molecule has 5 atom stereocenters. The second-order valence-corrected chi connectivity index (χ2v) is 5.88. The number of rotatable bonds is 3. The van der Waals surface area contributed by atoms with E-state index in [4.69, 9.17) is 5.73 Å². The average molecular weight is 233 g/mol. The van der Waals surface area contributed by atoms with Crippen molar-refractivity contribution in [1.29, 1.82) is 0 Å². The molecule has 92 valence electrons. The Morgan fingerprint density at radius 2 is 1.69 bits per heavy atom. The van der Waals surface area contributed by atoms with Gasteiger partial charge in [0.25, 0.3) is 0 Å². The largest absolute Gasteiger partial charge is 0.389 e. The quantitative estimate of drug-likeness (QED) is 0.796. The third-order valence-corrected chi connectivity index (χ3v) is 5.05. The molecule has 5 unspecified atom stereocenters. The summed E-state index contributed by atoms with van der Waals surface area (Å²) < 4.78 is 36.3. The fraction of sp³-hybridized carbons (Fsp3) is 1.00. The van der Waals surface area contributed by atoms with E-state index in [0.29, 0.717) is 17.8 Å². The van der Waals surface area contributed by atoms with E-state index in [2.05, 4.69) is 0 Å². The van der Waals surface area contributed by atoms with E-state index >= 15 is 0 Å². The fourth-order valence-corrected chi connectivity index (χ4v) is 4.49. The van der Waals surface area contributed by atoms with E-state index in [0.717, 1.165) is 11.8 Å². The Morgan fingerprint density at radius 1 is 1.12 bits per heavy atom. The molecule has 3 saturated carbocycles. The SMILES string of the molecule is NC(CCC(F)(F)F)C1C2C3CCC(C3)C12. The molecular formula is C12H18F3N. The van der Waals surface area contributed by atoms with Crippen LogP contribution in [0.1, 0.15) is 32.1 Å². The first-order chi connectivity index (χ1) is 7.47. The zero-order valence-corrected chi connectivity index (χ0v) is 9.21. The molecule has 3 aliphatic carbocycles. The summed E-state index contributed by atoms with van der Waals surface area (Å²) in [7, 11) is 0. The van der Waals surface area contributed by atoms with Gasteiger partial charge in [-0.1, -0.05) is 0 Å². The molecule has 2 N–H and O–H groups in total. The van der Waals surface area contributed by atoms with Crippen LogP contribution >= 0.6 is 0 Å². The first kappa shape index (κ1) is 10.9. The lowest BCUT2D eigenvalue weighted by atomic mass is 9.95. The lowest BCUT2D eigenvalue weighted by Gasteiger charge is -2.16. The average Bonchev–Trinajstić information content (AvgIpc) is 2.63. The molecule has 2 bridgehead atoms. The molecule has 0 heterocycles. The van der Waals surface area contributed by atoms with E-state index in [1.54, 1.807) is 0 Å². The van der Waals surface area contributed by atoms with Crippen molar-refractivity contribution < 1.29 is 13.2 Å². The minimum Gasteiger partial charge on any atom is -0.327 e. The van der Waals surface area contributed by atoms with Crippen molar-refractivity contribution >= 4 is 0 Å². The number of hydrogen-bond acceptors (Lipinski definition) is 1. The van der Waals surface area contributed by atoms with Gasteiger partial charge in [-0.15, -0.1) is 0 Å². The molecule has 16 heavy (non-hydrogen) atoms. The summed E-state index contributed by atoms with van der Waals surface area (Å²) in [5, 5.41) is 0. The van der Waals surface area contributed by atoms with E-state index in [1.165, 1.54) is 19.3 Å². The highest BCUT2D eigenvalue weighted by molar-refractivity contribution is 5.15. The van der Waals surface area contributed by atoms with Crippen molar-refractivity contribution in [3.8, 4) is 0 Å². The maximum atomic E-state index is 12.1. The Kier molecular flexibility index (Phi) is 2.29. The molecule has 0 spiro atoms. The molecule has 0 aromatic rings. The zero-order valence-electron chi connectivity index (χ0n) is 9.21. The highest BCUT2D eigenvalue weighted by Crippen LogP contribution is 2.70. The molecule has 0 aliphatic heterocycles. The predicted octanol–water partition coefficient (Wildman–Crippen LogP) is 2.95. The Hall–Kier alpha value is -0.250. The lowest BCUT2D eigenvalue weighted by Crippen LogP contribution is -2.28. The summed E-state index contributed by atoms with van der Waals surface area (Å²) in [4.78, 5) is 0. The van der Waals surface area contributed by atoms with Crippen LogP contribution in [0.5, 0.6) is 0 Å². The van der Waals surface area contributed by atoms with Gasteiger partial charge in [0.1, 0.15) is 0 Å². The van der Waals surface area contributed by atoms with E-state index in [9.17, 15) is 13.2 Å². The summed E-state index contributed by atoms with van der Waals surface area (Å²) in [6.07, 6.45) is -0.693. The van der Waals surface area contributed by atoms with Crippen molar-refractivity contribution in [3.63, 3.8) is 0 Å². The van der Waals surface area contributed by atoms with Crippen LogP contribution in [0.25, 0.3) is 0 Å². The molecule has 0 radical (unpaired) electrons. The molecule has 0 aromatic carbocycles. The molecule has 3 aliphatic rings. The second-order valence-electron chi connectivity index (χ2n) is 5.88. The number of fused-ring (bicyclic) bond motifs is 5.